The molecule has 0 amide bonds. The van der Waals surface area contributed by atoms with Crippen LogP contribution in [0.4, 0.5) is 0 Å². The molecule has 0 heterocycles. The van der Waals surface area contributed by atoms with Crippen LogP contribution < -0.4 is 0 Å². The topological polar surface area (TPSA) is 66.8 Å². The first-order valence-electron chi connectivity index (χ1n) is 8.56. The lowest BCUT2D eigenvalue weighted by Gasteiger charge is -2.19. The Morgan fingerprint density at radius 3 is 2.27 bits per heavy atom. The second kappa shape index (κ2) is 8.97. The Hall–Kier alpha value is -2.92. The molecule has 5 nitrogen and oxygen atoms in total. The summed E-state index contributed by atoms with van der Waals surface area (Å²) in [6.07, 6.45) is 1.96. The van der Waals surface area contributed by atoms with Crippen LogP contribution in [0.25, 0.3) is 0 Å². The number of ketones is 1. The summed E-state index contributed by atoms with van der Waals surface area (Å²) in [4.78, 5) is 30.9. The Labute approximate surface area is 153 Å². The molecule has 136 valence electrons. The van der Waals surface area contributed by atoms with Crippen LogP contribution in [0, 0.1) is 0 Å². The molecule has 0 aliphatic rings. The number of nitrogens with zero attached hydrogens (tertiary/aromatic N) is 1. The largest absolute Gasteiger partial charge is 0.507 e. The molecule has 0 aromatic heterocycles. The number of hydrogen-bond acceptors (Lipinski definition) is 5. The highest BCUT2D eigenvalue weighted by molar-refractivity contribution is 6.12. The maximum Gasteiger partial charge on any atom is 0.357 e. The van der Waals surface area contributed by atoms with Crippen molar-refractivity contribution in [2.75, 3.05) is 13.1 Å². The monoisotopic (exact) mass is 353 g/mol. The summed E-state index contributed by atoms with van der Waals surface area (Å²) >= 11 is 0. The van der Waals surface area contributed by atoms with Crippen molar-refractivity contribution in [1.82, 2.24) is 5.06 Å². The first-order valence-corrected chi connectivity index (χ1v) is 8.56. The molecule has 5 heteroatoms. The minimum atomic E-state index is -0.516. The molecule has 0 saturated heterocycles. The first kappa shape index (κ1) is 19.4. The smallest absolute Gasteiger partial charge is 0.357 e. The maximum absolute atomic E-state index is 12.9. The highest BCUT2D eigenvalue weighted by Crippen LogP contribution is 2.25. The number of carbonyl (C=O) groups is 2. The van der Waals surface area contributed by atoms with E-state index in [1.165, 1.54) is 11.1 Å². The second-order valence-corrected chi connectivity index (χ2v) is 5.66. The van der Waals surface area contributed by atoms with Gasteiger partial charge in [-0.05, 0) is 44.0 Å². The van der Waals surface area contributed by atoms with Crippen molar-refractivity contribution < 1.29 is 19.5 Å². The minimum absolute atomic E-state index is 0.0989. The predicted octanol–water partition coefficient (Wildman–Crippen LogP) is 3.77. The van der Waals surface area contributed by atoms with Gasteiger partial charge in [-0.1, -0.05) is 30.3 Å². The van der Waals surface area contributed by atoms with Crippen molar-refractivity contribution in [3.63, 3.8) is 0 Å². The van der Waals surface area contributed by atoms with Crippen molar-refractivity contribution in [2.45, 2.75) is 20.3 Å². The molecule has 0 aliphatic carbocycles. The fraction of sp³-hybridized carbons (Fsp3) is 0.238. The van der Waals surface area contributed by atoms with Crippen LogP contribution >= 0.6 is 0 Å². The van der Waals surface area contributed by atoms with E-state index in [0.29, 0.717) is 36.2 Å². The molecule has 0 aliphatic heterocycles. The van der Waals surface area contributed by atoms with Gasteiger partial charge in [-0.3, -0.25) is 4.79 Å². The molecule has 0 fully saturated rings. The summed E-state index contributed by atoms with van der Waals surface area (Å²) < 4.78 is 0. The van der Waals surface area contributed by atoms with Crippen LogP contribution in [0.15, 0.2) is 55.1 Å². The van der Waals surface area contributed by atoms with Crippen LogP contribution in [-0.2, 0) is 11.3 Å². The third-order valence-corrected chi connectivity index (χ3v) is 4.06. The van der Waals surface area contributed by atoms with Gasteiger partial charge in [0.25, 0.3) is 0 Å². The van der Waals surface area contributed by atoms with Gasteiger partial charge in [0.2, 0.25) is 0 Å². The van der Waals surface area contributed by atoms with Crippen molar-refractivity contribution in [1.29, 1.82) is 0 Å². The number of carbonyl (C=O) groups excluding carboxylic acids is 2. The number of benzene rings is 2. The van der Waals surface area contributed by atoms with Crippen molar-refractivity contribution in [3.8, 4) is 5.75 Å². The zero-order valence-electron chi connectivity index (χ0n) is 15.1. The average Bonchev–Trinajstić information content (AvgIpc) is 2.66. The Balaban J connectivity index is 2.48. The van der Waals surface area contributed by atoms with Gasteiger partial charge in [-0.25, -0.2) is 4.79 Å². The fourth-order valence-electron chi connectivity index (χ4n) is 2.68. The lowest BCUT2D eigenvalue weighted by Crippen LogP contribution is -2.27. The summed E-state index contributed by atoms with van der Waals surface area (Å²) in [5.41, 5.74) is 1.39. The van der Waals surface area contributed by atoms with Gasteiger partial charge in [0.1, 0.15) is 5.75 Å². The second-order valence-electron chi connectivity index (χ2n) is 5.66. The molecule has 2 aromatic carbocycles. The normalized spacial score (nSPS) is 10.6. The molecular weight excluding hydrogens is 330 g/mol. The van der Waals surface area contributed by atoms with E-state index in [0.717, 1.165) is 0 Å². The molecule has 2 rings (SSSR count). The van der Waals surface area contributed by atoms with E-state index in [4.69, 9.17) is 4.84 Å². The van der Waals surface area contributed by atoms with Crippen LogP contribution in [-0.4, -0.2) is 35.0 Å². The molecule has 0 bridgehead atoms. The quantitative estimate of drug-likeness (QED) is 0.445. The van der Waals surface area contributed by atoms with E-state index in [9.17, 15) is 14.7 Å². The summed E-state index contributed by atoms with van der Waals surface area (Å²) in [6, 6.07) is 11.2. The van der Waals surface area contributed by atoms with E-state index in [-0.39, 0.29) is 17.1 Å². The number of phenols is 1. The summed E-state index contributed by atoms with van der Waals surface area (Å²) in [6.45, 7) is 8.62. The maximum atomic E-state index is 12.9. The fourth-order valence-corrected chi connectivity index (χ4v) is 2.68. The van der Waals surface area contributed by atoms with E-state index >= 15 is 0 Å². The van der Waals surface area contributed by atoms with Gasteiger partial charge >= 0.3 is 5.97 Å². The molecule has 2 aromatic rings. The number of rotatable bonds is 8. The van der Waals surface area contributed by atoms with Gasteiger partial charge in [0.15, 0.2) is 5.78 Å². The third kappa shape index (κ3) is 4.18. The summed E-state index contributed by atoms with van der Waals surface area (Å²) in [7, 11) is 0. The molecule has 0 saturated carbocycles. The van der Waals surface area contributed by atoms with E-state index in [1.54, 1.807) is 42.5 Å². The molecule has 26 heavy (non-hydrogen) atoms. The van der Waals surface area contributed by atoms with Crippen molar-refractivity contribution in [3.05, 3.63) is 77.4 Å². The Kier molecular flexibility index (Phi) is 6.69. The first-order chi connectivity index (χ1) is 12.5. The Bertz CT molecular complexity index is 809. The third-order valence-electron chi connectivity index (χ3n) is 4.06. The molecule has 1 N–H and O–H groups in total. The van der Waals surface area contributed by atoms with Crippen LogP contribution in [0.3, 0.4) is 0 Å². The van der Waals surface area contributed by atoms with Gasteiger partial charge in [-0.2, -0.15) is 0 Å². The SMILES string of the molecule is C=CCc1c(C(=O)ON(CC)CC)cccc1C(=O)c1ccccc1O. The van der Waals surface area contributed by atoms with Gasteiger partial charge < -0.3 is 9.94 Å². The molecule has 0 unspecified atom stereocenters. The standard InChI is InChI=1S/C21H23NO4/c1-4-10-15-16(20(24)18-11-7-8-14-19(18)23)12-9-13-17(15)21(25)26-22(5-2)6-3/h4,7-9,11-14,23H,1,5-6,10H2,2-3H3. The lowest BCUT2D eigenvalue weighted by atomic mass is 9.92. The minimum Gasteiger partial charge on any atom is -0.507 e. The van der Waals surface area contributed by atoms with Gasteiger partial charge in [-0.15, -0.1) is 11.6 Å². The Morgan fingerprint density at radius 2 is 1.65 bits per heavy atom. The van der Waals surface area contributed by atoms with Crippen LogP contribution in [0.1, 0.15) is 45.7 Å². The number of hydrogen-bond donors (Lipinski definition) is 1. The highest BCUT2D eigenvalue weighted by Gasteiger charge is 2.22. The van der Waals surface area contributed by atoms with Crippen LogP contribution in [0.5, 0.6) is 5.75 Å². The predicted molar refractivity (Wildman–Crippen MR) is 100 cm³/mol. The number of allylic oxidation sites excluding steroid dienone is 1. The van der Waals surface area contributed by atoms with Crippen molar-refractivity contribution in [2.24, 2.45) is 0 Å². The number of hydroxylamine groups is 2. The average molecular weight is 353 g/mol. The lowest BCUT2D eigenvalue weighted by molar-refractivity contribution is -0.103. The summed E-state index contributed by atoms with van der Waals surface area (Å²) in [5.74, 6) is -0.965. The Morgan fingerprint density at radius 1 is 1.04 bits per heavy atom. The van der Waals surface area contributed by atoms with Crippen molar-refractivity contribution >= 4 is 11.8 Å². The van der Waals surface area contributed by atoms with E-state index in [1.807, 2.05) is 13.8 Å². The van der Waals surface area contributed by atoms with Gasteiger partial charge in [0, 0.05) is 18.7 Å². The number of para-hydroxylation sites is 1. The molecule has 0 spiro atoms. The number of aromatic hydroxyl groups is 1. The van der Waals surface area contributed by atoms with Gasteiger partial charge in [0.05, 0.1) is 11.1 Å². The zero-order chi connectivity index (χ0) is 19.1. The molecule has 0 atom stereocenters. The highest BCUT2D eigenvalue weighted by atomic mass is 16.7. The summed E-state index contributed by atoms with van der Waals surface area (Å²) in [5, 5.41) is 11.5. The number of phenolic OH excluding ortho intramolecular Hbond substituents is 1. The van der Waals surface area contributed by atoms with Crippen LogP contribution in [0.2, 0.25) is 0 Å². The molecule has 0 radical (unpaired) electrons. The molecular formula is C21H23NO4. The zero-order valence-corrected chi connectivity index (χ0v) is 15.1. The van der Waals surface area contributed by atoms with E-state index < -0.39 is 5.97 Å². The van der Waals surface area contributed by atoms with E-state index in [2.05, 4.69) is 6.58 Å².